The molecule has 96 valence electrons. The zero-order valence-electron chi connectivity index (χ0n) is 10.4. The van der Waals surface area contributed by atoms with Crippen LogP contribution in [0.4, 0.5) is 10.1 Å². The Labute approximate surface area is 110 Å². The molecule has 0 saturated carbocycles. The summed E-state index contributed by atoms with van der Waals surface area (Å²) in [5.41, 5.74) is 2.31. The molecule has 4 heteroatoms. The minimum absolute atomic E-state index is 0.300. The van der Waals surface area contributed by atoms with E-state index in [2.05, 4.69) is 5.38 Å². The van der Waals surface area contributed by atoms with E-state index in [-0.39, 0.29) is 5.82 Å². The Morgan fingerprint density at radius 3 is 2.72 bits per heavy atom. The Balaban J connectivity index is 2.17. The van der Waals surface area contributed by atoms with Gasteiger partial charge in [-0.15, -0.1) is 0 Å². The Morgan fingerprint density at radius 1 is 1.39 bits per heavy atom. The monoisotopic (exact) mass is 265 g/mol. The average molecular weight is 265 g/mol. The Bertz CT molecular complexity index is 511. The summed E-state index contributed by atoms with van der Waals surface area (Å²) in [6, 6.07) is 6.89. The van der Waals surface area contributed by atoms with Crippen LogP contribution in [0, 0.1) is 5.82 Å². The van der Waals surface area contributed by atoms with Crippen molar-refractivity contribution in [2.75, 3.05) is 11.9 Å². The number of aliphatic hydroxyl groups excluding tert-OH is 1. The molecule has 2 rings (SSSR count). The summed E-state index contributed by atoms with van der Waals surface area (Å²) in [4.78, 5) is 1.86. The Hall–Kier alpha value is -1.39. The van der Waals surface area contributed by atoms with Gasteiger partial charge in [-0.05, 0) is 47.0 Å². The number of aliphatic hydroxyl groups is 1. The van der Waals surface area contributed by atoms with Crippen molar-refractivity contribution in [3.8, 4) is 0 Å². The smallest absolute Gasteiger partial charge is 0.146 e. The zero-order valence-corrected chi connectivity index (χ0v) is 11.2. The molecule has 2 aromatic rings. The Kier molecular flexibility index (Phi) is 3.99. The van der Waals surface area contributed by atoms with Gasteiger partial charge in [-0.3, -0.25) is 0 Å². The van der Waals surface area contributed by atoms with Crippen molar-refractivity contribution in [3.05, 3.63) is 52.0 Å². The maximum atomic E-state index is 13.9. The van der Waals surface area contributed by atoms with E-state index >= 15 is 0 Å². The van der Waals surface area contributed by atoms with Gasteiger partial charge in [0.25, 0.3) is 0 Å². The third kappa shape index (κ3) is 2.89. The summed E-state index contributed by atoms with van der Waals surface area (Å²) in [6.45, 7) is 2.30. The molecule has 1 N–H and O–H groups in total. The molecule has 0 aliphatic carbocycles. The molecule has 1 aromatic heterocycles. The number of rotatable bonds is 4. The fourth-order valence-corrected chi connectivity index (χ4v) is 2.49. The number of hydrogen-bond acceptors (Lipinski definition) is 3. The van der Waals surface area contributed by atoms with Gasteiger partial charge in [-0.1, -0.05) is 6.07 Å². The number of benzene rings is 1. The second-order valence-corrected chi connectivity index (χ2v) is 5.15. The van der Waals surface area contributed by atoms with Gasteiger partial charge in [0.05, 0.1) is 11.8 Å². The van der Waals surface area contributed by atoms with Gasteiger partial charge < -0.3 is 10.0 Å². The molecule has 0 amide bonds. The zero-order chi connectivity index (χ0) is 13.1. The van der Waals surface area contributed by atoms with Crippen molar-refractivity contribution in [1.29, 1.82) is 0 Å². The molecule has 1 aromatic carbocycles. The minimum Gasteiger partial charge on any atom is -0.389 e. The largest absolute Gasteiger partial charge is 0.389 e. The van der Waals surface area contributed by atoms with E-state index in [9.17, 15) is 9.50 Å². The van der Waals surface area contributed by atoms with Gasteiger partial charge in [-0.25, -0.2) is 4.39 Å². The predicted octanol–water partition coefficient (Wildman–Crippen LogP) is 3.58. The summed E-state index contributed by atoms with van der Waals surface area (Å²) >= 11 is 1.63. The van der Waals surface area contributed by atoms with E-state index in [1.807, 2.05) is 23.4 Å². The maximum absolute atomic E-state index is 13.9. The van der Waals surface area contributed by atoms with E-state index in [1.54, 1.807) is 30.4 Å². The van der Waals surface area contributed by atoms with Crippen LogP contribution in [-0.4, -0.2) is 12.2 Å². The predicted molar refractivity (Wildman–Crippen MR) is 73.5 cm³/mol. The highest BCUT2D eigenvalue weighted by Gasteiger charge is 2.11. The van der Waals surface area contributed by atoms with Crippen LogP contribution >= 0.6 is 11.3 Å². The number of anilines is 1. The highest BCUT2D eigenvalue weighted by molar-refractivity contribution is 7.07. The van der Waals surface area contributed by atoms with Crippen LogP contribution < -0.4 is 4.90 Å². The summed E-state index contributed by atoms with van der Waals surface area (Å²) in [5.74, 6) is -0.300. The van der Waals surface area contributed by atoms with Crippen molar-refractivity contribution in [1.82, 2.24) is 0 Å². The van der Waals surface area contributed by atoms with Gasteiger partial charge in [0.15, 0.2) is 0 Å². The molecule has 0 saturated heterocycles. The molecule has 18 heavy (non-hydrogen) atoms. The highest BCUT2D eigenvalue weighted by atomic mass is 32.1. The number of thiophene rings is 1. The van der Waals surface area contributed by atoms with Crippen LogP contribution in [0.5, 0.6) is 0 Å². The van der Waals surface area contributed by atoms with Crippen molar-refractivity contribution >= 4 is 17.0 Å². The van der Waals surface area contributed by atoms with Crippen molar-refractivity contribution in [2.24, 2.45) is 0 Å². The average Bonchev–Trinajstić information content (AvgIpc) is 2.81. The standard InChI is InChI=1S/C14H16FNOS/c1-10(17)12-3-4-14(13(15)7-12)16(2)8-11-5-6-18-9-11/h3-7,9-10,17H,8H2,1-2H3/t10-/m0/s1. The van der Waals surface area contributed by atoms with Crippen molar-refractivity contribution in [3.63, 3.8) is 0 Å². The van der Waals surface area contributed by atoms with E-state index in [0.717, 1.165) is 0 Å². The van der Waals surface area contributed by atoms with Crippen LogP contribution in [0.25, 0.3) is 0 Å². The Morgan fingerprint density at radius 2 is 2.17 bits per heavy atom. The summed E-state index contributed by atoms with van der Waals surface area (Å²) in [5, 5.41) is 13.5. The number of halogens is 1. The van der Waals surface area contributed by atoms with Gasteiger partial charge in [0, 0.05) is 13.6 Å². The molecule has 1 atom stereocenters. The SMILES string of the molecule is C[C@H](O)c1ccc(N(C)Cc2ccsc2)c(F)c1. The molecular formula is C14H16FNOS. The van der Waals surface area contributed by atoms with Crippen LogP contribution in [0.3, 0.4) is 0 Å². The molecule has 0 unspecified atom stereocenters. The summed E-state index contributed by atoms with van der Waals surface area (Å²) in [6.07, 6.45) is -0.643. The fraction of sp³-hybridized carbons (Fsp3) is 0.286. The van der Waals surface area contributed by atoms with E-state index < -0.39 is 6.10 Å². The summed E-state index contributed by atoms with van der Waals surface area (Å²) in [7, 11) is 1.86. The van der Waals surface area contributed by atoms with Crippen LogP contribution in [0.2, 0.25) is 0 Å². The molecule has 2 nitrogen and oxygen atoms in total. The van der Waals surface area contributed by atoms with Crippen molar-refractivity contribution < 1.29 is 9.50 Å². The fourth-order valence-electron chi connectivity index (χ4n) is 1.83. The molecule has 0 fully saturated rings. The third-order valence-corrected chi connectivity index (χ3v) is 3.60. The second kappa shape index (κ2) is 5.50. The van der Waals surface area contributed by atoms with Crippen LogP contribution in [0.1, 0.15) is 24.2 Å². The highest BCUT2D eigenvalue weighted by Crippen LogP contribution is 2.24. The van der Waals surface area contributed by atoms with Gasteiger partial charge in [0.1, 0.15) is 5.82 Å². The van der Waals surface area contributed by atoms with E-state index in [4.69, 9.17) is 0 Å². The van der Waals surface area contributed by atoms with E-state index in [1.165, 1.54) is 11.6 Å². The lowest BCUT2D eigenvalue weighted by Crippen LogP contribution is -2.17. The lowest BCUT2D eigenvalue weighted by molar-refractivity contribution is 0.199. The molecule has 0 aliphatic heterocycles. The van der Waals surface area contributed by atoms with Gasteiger partial charge >= 0.3 is 0 Å². The molecular weight excluding hydrogens is 249 g/mol. The van der Waals surface area contributed by atoms with E-state index in [0.29, 0.717) is 17.8 Å². The first-order valence-electron chi connectivity index (χ1n) is 5.77. The minimum atomic E-state index is -0.643. The first-order chi connectivity index (χ1) is 8.58. The van der Waals surface area contributed by atoms with Crippen LogP contribution in [-0.2, 0) is 6.54 Å². The topological polar surface area (TPSA) is 23.5 Å². The molecule has 0 bridgehead atoms. The number of hydrogen-bond donors (Lipinski definition) is 1. The van der Waals surface area contributed by atoms with Crippen molar-refractivity contribution in [2.45, 2.75) is 19.6 Å². The first kappa shape index (κ1) is 13.1. The second-order valence-electron chi connectivity index (χ2n) is 4.37. The maximum Gasteiger partial charge on any atom is 0.146 e. The van der Waals surface area contributed by atoms with Gasteiger partial charge in [-0.2, -0.15) is 11.3 Å². The number of nitrogens with zero attached hydrogens (tertiary/aromatic N) is 1. The molecule has 0 aliphatic rings. The lowest BCUT2D eigenvalue weighted by atomic mass is 10.1. The lowest BCUT2D eigenvalue weighted by Gasteiger charge is -2.20. The third-order valence-electron chi connectivity index (χ3n) is 2.87. The molecule has 0 radical (unpaired) electrons. The van der Waals surface area contributed by atoms with Gasteiger partial charge in [0.2, 0.25) is 0 Å². The normalized spacial score (nSPS) is 12.4. The van der Waals surface area contributed by atoms with Crippen LogP contribution in [0.15, 0.2) is 35.0 Å². The summed E-state index contributed by atoms with van der Waals surface area (Å²) < 4.78 is 13.9. The molecule has 1 heterocycles. The molecule has 0 spiro atoms. The first-order valence-corrected chi connectivity index (χ1v) is 6.72. The quantitative estimate of drug-likeness (QED) is 0.913.